The van der Waals surface area contributed by atoms with Gasteiger partial charge >= 0.3 is 0 Å². The summed E-state index contributed by atoms with van der Waals surface area (Å²) < 4.78 is 5.38. The highest BCUT2D eigenvalue weighted by Gasteiger charge is 2.09. The van der Waals surface area contributed by atoms with E-state index in [1.54, 1.807) is 0 Å². The first-order valence-corrected chi connectivity index (χ1v) is 7.72. The zero-order chi connectivity index (χ0) is 15.8. The van der Waals surface area contributed by atoms with Crippen molar-refractivity contribution in [2.75, 3.05) is 13.2 Å². The van der Waals surface area contributed by atoms with Crippen LogP contribution in [0.1, 0.15) is 29.8 Å². The summed E-state index contributed by atoms with van der Waals surface area (Å²) in [6, 6.07) is 17.9. The van der Waals surface area contributed by atoms with Crippen LogP contribution in [0.4, 0.5) is 0 Å². The molecule has 0 bridgehead atoms. The fraction of sp³-hybridized carbons (Fsp3) is 0.316. The molecule has 0 aromatic heterocycles. The van der Waals surface area contributed by atoms with Gasteiger partial charge in [-0.25, -0.2) is 0 Å². The standard InChI is InChI=1S/C19H23NO2/c1-3-22-18-11-9-17(10-12-18)19(21)14-20-15(2)13-16-7-5-4-6-8-16/h4-12,15,20H,3,13-14H2,1-2H3/t15-/m0/s1. The summed E-state index contributed by atoms with van der Waals surface area (Å²) in [6.45, 7) is 5.02. The number of Topliss-reactive ketones (excluding diaryl/α,β-unsaturated/α-hetero) is 1. The lowest BCUT2D eigenvalue weighted by Crippen LogP contribution is -2.33. The van der Waals surface area contributed by atoms with E-state index in [-0.39, 0.29) is 11.8 Å². The van der Waals surface area contributed by atoms with E-state index >= 15 is 0 Å². The molecule has 3 heteroatoms. The number of ether oxygens (including phenoxy) is 1. The number of hydrogen-bond acceptors (Lipinski definition) is 3. The molecule has 22 heavy (non-hydrogen) atoms. The lowest BCUT2D eigenvalue weighted by Gasteiger charge is -2.13. The predicted molar refractivity (Wildman–Crippen MR) is 89.6 cm³/mol. The molecule has 0 saturated carbocycles. The van der Waals surface area contributed by atoms with E-state index in [0.717, 1.165) is 12.2 Å². The smallest absolute Gasteiger partial charge is 0.176 e. The third-order valence-corrected chi connectivity index (χ3v) is 3.48. The van der Waals surface area contributed by atoms with E-state index in [0.29, 0.717) is 18.7 Å². The Morgan fingerprint density at radius 3 is 2.41 bits per heavy atom. The molecule has 2 aromatic carbocycles. The Morgan fingerprint density at radius 1 is 1.09 bits per heavy atom. The van der Waals surface area contributed by atoms with Crippen molar-refractivity contribution >= 4 is 5.78 Å². The van der Waals surface area contributed by atoms with Gasteiger partial charge in [0.1, 0.15) is 5.75 Å². The number of nitrogens with one attached hydrogen (secondary N) is 1. The predicted octanol–water partition coefficient (Wildman–Crippen LogP) is 3.49. The van der Waals surface area contributed by atoms with Crippen LogP contribution in [0.5, 0.6) is 5.75 Å². The van der Waals surface area contributed by atoms with Crippen molar-refractivity contribution in [1.82, 2.24) is 5.32 Å². The average molecular weight is 297 g/mol. The minimum Gasteiger partial charge on any atom is -0.494 e. The topological polar surface area (TPSA) is 38.3 Å². The van der Waals surface area contributed by atoms with Gasteiger partial charge in [0.15, 0.2) is 5.78 Å². The minimum absolute atomic E-state index is 0.1000. The summed E-state index contributed by atoms with van der Waals surface area (Å²) in [5.74, 6) is 0.896. The largest absolute Gasteiger partial charge is 0.494 e. The van der Waals surface area contributed by atoms with Crippen molar-refractivity contribution in [2.24, 2.45) is 0 Å². The number of hydrogen-bond donors (Lipinski definition) is 1. The molecule has 116 valence electrons. The maximum Gasteiger partial charge on any atom is 0.176 e. The zero-order valence-electron chi connectivity index (χ0n) is 13.2. The van der Waals surface area contributed by atoms with Crippen LogP contribution in [-0.2, 0) is 6.42 Å². The van der Waals surface area contributed by atoms with Crippen LogP contribution in [0.15, 0.2) is 54.6 Å². The second kappa shape index (κ2) is 8.35. The maximum absolute atomic E-state index is 12.2. The highest BCUT2D eigenvalue weighted by Crippen LogP contribution is 2.12. The van der Waals surface area contributed by atoms with Gasteiger partial charge in [-0.15, -0.1) is 0 Å². The summed E-state index contributed by atoms with van der Waals surface area (Å²) in [6.07, 6.45) is 0.914. The fourth-order valence-corrected chi connectivity index (χ4v) is 2.31. The highest BCUT2D eigenvalue weighted by atomic mass is 16.5. The summed E-state index contributed by atoms with van der Waals surface area (Å²) in [5.41, 5.74) is 1.99. The Bertz CT molecular complexity index is 578. The number of rotatable bonds is 8. The Morgan fingerprint density at radius 2 is 1.77 bits per heavy atom. The number of benzene rings is 2. The minimum atomic E-state index is 0.1000. The van der Waals surface area contributed by atoms with Gasteiger partial charge in [0.05, 0.1) is 13.2 Å². The van der Waals surface area contributed by atoms with E-state index in [4.69, 9.17) is 4.74 Å². The van der Waals surface area contributed by atoms with Crippen LogP contribution < -0.4 is 10.1 Å². The molecule has 0 saturated heterocycles. The van der Waals surface area contributed by atoms with Gasteiger partial charge in [-0.3, -0.25) is 4.79 Å². The summed E-state index contributed by atoms with van der Waals surface area (Å²) in [5, 5.41) is 3.29. The number of carbonyl (C=O) groups excluding carboxylic acids is 1. The molecule has 0 aliphatic rings. The van der Waals surface area contributed by atoms with E-state index in [1.165, 1.54) is 5.56 Å². The van der Waals surface area contributed by atoms with E-state index in [9.17, 15) is 4.79 Å². The summed E-state index contributed by atoms with van der Waals surface area (Å²) in [7, 11) is 0. The Hall–Kier alpha value is -2.13. The molecule has 0 unspecified atom stereocenters. The third kappa shape index (κ3) is 5.01. The van der Waals surface area contributed by atoms with Crippen molar-refractivity contribution in [3.63, 3.8) is 0 Å². The van der Waals surface area contributed by atoms with Gasteiger partial charge in [0.25, 0.3) is 0 Å². The zero-order valence-corrected chi connectivity index (χ0v) is 13.2. The van der Waals surface area contributed by atoms with Crippen LogP contribution in [0, 0.1) is 0 Å². The van der Waals surface area contributed by atoms with Gasteiger partial charge in [0.2, 0.25) is 0 Å². The van der Waals surface area contributed by atoms with Gasteiger partial charge < -0.3 is 10.1 Å². The highest BCUT2D eigenvalue weighted by molar-refractivity contribution is 5.97. The van der Waals surface area contributed by atoms with Crippen molar-refractivity contribution < 1.29 is 9.53 Å². The molecule has 0 fully saturated rings. The molecule has 1 atom stereocenters. The average Bonchev–Trinajstić information content (AvgIpc) is 2.54. The Kier molecular flexibility index (Phi) is 6.16. The van der Waals surface area contributed by atoms with Gasteiger partial charge in [-0.1, -0.05) is 30.3 Å². The molecular weight excluding hydrogens is 274 g/mol. The molecule has 2 rings (SSSR count). The van der Waals surface area contributed by atoms with Crippen molar-refractivity contribution in [3.05, 3.63) is 65.7 Å². The monoisotopic (exact) mass is 297 g/mol. The summed E-state index contributed by atoms with van der Waals surface area (Å²) in [4.78, 5) is 12.2. The second-order valence-corrected chi connectivity index (χ2v) is 5.35. The second-order valence-electron chi connectivity index (χ2n) is 5.35. The van der Waals surface area contributed by atoms with Crippen LogP contribution in [0.2, 0.25) is 0 Å². The molecule has 2 aromatic rings. The quantitative estimate of drug-likeness (QED) is 0.758. The molecule has 0 spiro atoms. The van der Waals surface area contributed by atoms with Crippen LogP contribution in [0.25, 0.3) is 0 Å². The molecule has 0 amide bonds. The van der Waals surface area contributed by atoms with E-state index in [2.05, 4.69) is 24.4 Å². The number of carbonyl (C=O) groups is 1. The maximum atomic E-state index is 12.2. The lowest BCUT2D eigenvalue weighted by atomic mass is 10.1. The third-order valence-electron chi connectivity index (χ3n) is 3.48. The molecule has 3 nitrogen and oxygen atoms in total. The first kappa shape index (κ1) is 16.2. The van der Waals surface area contributed by atoms with Gasteiger partial charge in [-0.05, 0) is 50.1 Å². The van der Waals surface area contributed by atoms with Crippen molar-refractivity contribution in [2.45, 2.75) is 26.3 Å². The van der Waals surface area contributed by atoms with Crippen molar-refractivity contribution in [1.29, 1.82) is 0 Å². The first-order chi connectivity index (χ1) is 10.7. The number of ketones is 1. The van der Waals surface area contributed by atoms with Crippen molar-refractivity contribution in [3.8, 4) is 5.75 Å². The molecule has 0 heterocycles. The fourth-order valence-electron chi connectivity index (χ4n) is 2.31. The normalized spacial score (nSPS) is 11.9. The van der Waals surface area contributed by atoms with E-state index < -0.39 is 0 Å². The molecule has 0 radical (unpaired) electrons. The Labute approximate surface area is 132 Å². The Balaban J connectivity index is 1.81. The first-order valence-electron chi connectivity index (χ1n) is 7.72. The molecule has 0 aliphatic heterocycles. The van der Waals surface area contributed by atoms with Gasteiger partial charge in [-0.2, -0.15) is 0 Å². The van der Waals surface area contributed by atoms with Crippen LogP contribution in [-0.4, -0.2) is 25.0 Å². The summed E-state index contributed by atoms with van der Waals surface area (Å²) >= 11 is 0. The molecular formula is C19H23NO2. The molecule has 0 aliphatic carbocycles. The van der Waals surface area contributed by atoms with Crippen LogP contribution >= 0.6 is 0 Å². The lowest BCUT2D eigenvalue weighted by molar-refractivity contribution is 0.0987. The molecule has 1 N–H and O–H groups in total. The van der Waals surface area contributed by atoms with Crippen LogP contribution in [0.3, 0.4) is 0 Å². The van der Waals surface area contributed by atoms with Gasteiger partial charge in [0, 0.05) is 11.6 Å². The SMILES string of the molecule is CCOc1ccc(C(=O)CN[C@@H](C)Cc2ccccc2)cc1. The van der Waals surface area contributed by atoms with E-state index in [1.807, 2.05) is 49.4 Å².